The number of amides is 4. The molecule has 5 aromatic rings. The van der Waals surface area contributed by atoms with Gasteiger partial charge in [0.15, 0.2) is 23.2 Å². The van der Waals surface area contributed by atoms with Gasteiger partial charge in [-0.05, 0) is 140 Å². The third-order valence-corrected chi connectivity index (χ3v) is 9.63. The predicted octanol–water partition coefficient (Wildman–Crippen LogP) is 11.0. The third-order valence-electron chi connectivity index (χ3n) is 8.57. The molecular formula is C52H73F4N9O7S. The first-order valence-electron chi connectivity index (χ1n) is 23.3. The zero-order valence-corrected chi connectivity index (χ0v) is 46.5. The lowest BCUT2D eigenvalue weighted by atomic mass is 10.1. The summed E-state index contributed by atoms with van der Waals surface area (Å²) in [6.45, 7) is 35.4. The van der Waals surface area contributed by atoms with Crippen LogP contribution >= 0.6 is 11.8 Å². The fourth-order valence-electron chi connectivity index (χ4n) is 5.56. The third kappa shape index (κ3) is 21.8. The molecule has 2 aliphatic rings. The van der Waals surface area contributed by atoms with Crippen molar-refractivity contribution >= 4 is 46.6 Å². The molecule has 402 valence electrons. The topological polar surface area (TPSA) is 177 Å². The number of carbonyl (C=O) groups is 4. The lowest BCUT2D eigenvalue weighted by molar-refractivity contribution is -0.218. The molecule has 0 saturated carbocycles. The van der Waals surface area contributed by atoms with Crippen LogP contribution in [0.3, 0.4) is 0 Å². The number of hydroxylamine groups is 2. The van der Waals surface area contributed by atoms with Crippen molar-refractivity contribution < 1.29 is 51.2 Å². The Bertz CT molecular complexity index is 2580. The molecule has 0 radical (unpaired) electrons. The summed E-state index contributed by atoms with van der Waals surface area (Å²) in [4.78, 5) is 69.8. The fourth-order valence-corrected chi connectivity index (χ4v) is 6.44. The molecule has 2 aliphatic heterocycles. The molecule has 0 atom stereocenters. The first-order valence-corrected chi connectivity index (χ1v) is 24.1. The number of thioether (sulfide) groups is 1. The minimum absolute atomic E-state index is 0.177. The molecule has 4 amide bonds. The number of ether oxygens (including phenoxy) is 1. The van der Waals surface area contributed by atoms with Crippen molar-refractivity contribution in [3.05, 3.63) is 102 Å². The number of aromatic nitrogens is 7. The van der Waals surface area contributed by atoms with E-state index in [-0.39, 0.29) is 52.4 Å². The van der Waals surface area contributed by atoms with Gasteiger partial charge in [-0.25, -0.2) is 28.1 Å². The average Bonchev–Trinajstić information content (AvgIpc) is 4.07. The van der Waals surface area contributed by atoms with Gasteiger partial charge >= 0.3 is 0 Å². The normalized spacial score (nSPS) is 14.0. The number of nitrogens with zero attached hydrogens (tertiary/aromatic N) is 9. The Morgan fingerprint density at radius 1 is 0.603 bits per heavy atom. The van der Waals surface area contributed by atoms with Gasteiger partial charge in [0.2, 0.25) is 11.5 Å². The minimum Gasteiger partial charge on any atom is -0.482 e. The van der Waals surface area contributed by atoms with E-state index >= 15 is 0 Å². The number of fused-ring (bicyclic) bond motifs is 1. The van der Waals surface area contributed by atoms with Crippen molar-refractivity contribution in [2.45, 2.75) is 182 Å². The number of imide groups is 2. The lowest BCUT2D eigenvalue weighted by Crippen LogP contribution is -2.45. The second-order valence-electron chi connectivity index (χ2n) is 22.3. The van der Waals surface area contributed by atoms with Gasteiger partial charge in [0.1, 0.15) is 16.7 Å². The molecule has 0 bridgehead atoms. The zero-order valence-electron chi connectivity index (χ0n) is 45.6. The number of pyridine rings is 2. The van der Waals surface area contributed by atoms with Gasteiger partial charge in [-0.2, -0.15) is 9.45 Å². The van der Waals surface area contributed by atoms with Crippen molar-refractivity contribution in [2.24, 2.45) is 0 Å². The monoisotopic (exact) mass is 1040 g/mol. The second kappa shape index (κ2) is 25.6. The number of hydrogen-bond donors (Lipinski definition) is 0. The maximum Gasteiger partial charge on any atom is 0.254 e. The van der Waals surface area contributed by atoms with E-state index in [1.165, 1.54) is 21.9 Å². The summed E-state index contributed by atoms with van der Waals surface area (Å²) in [6, 6.07) is 9.65. The van der Waals surface area contributed by atoms with E-state index in [2.05, 4.69) is 71.4 Å². The Hall–Kier alpha value is -6.22. The molecule has 0 spiro atoms. The molecular weight excluding hydrogens is 971 g/mol. The quantitative estimate of drug-likeness (QED) is 0.0547. The van der Waals surface area contributed by atoms with Crippen molar-refractivity contribution in [1.29, 1.82) is 0 Å². The van der Waals surface area contributed by atoms with Crippen LogP contribution in [0.5, 0.6) is 5.75 Å². The number of rotatable bonds is 4. The maximum absolute atomic E-state index is 13.5. The average molecular weight is 1040 g/mol. The summed E-state index contributed by atoms with van der Waals surface area (Å²) in [5.74, 6) is -7.92. The highest BCUT2D eigenvalue weighted by molar-refractivity contribution is 8.00. The van der Waals surface area contributed by atoms with Crippen LogP contribution in [-0.2, 0) is 29.6 Å². The summed E-state index contributed by atoms with van der Waals surface area (Å²) in [5.41, 5.74) is -1.15. The van der Waals surface area contributed by atoms with E-state index in [0.29, 0.717) is 5.65 Å². The van der Waals surface area contributed by atoms with E-state index in [9.17, 15) is 36.7 Å². The predicted molar refractivity (Wildman–Crippen MR) is 273 cm³/mol. The van der Waals surface area contributed by atoms with Crippen LogP contribution in [0.1, 0.15) is 143 Å². The van der Waals surface area contributed by atoms with Gasteiger partial charge in [0.25, 0.3) is 23.6 Å². The maximum atomic E-state index is 13.5. The molecule has 4 aromatic heterocycles. The van der Waals surface area contributed by atoms with Crippen LogP contribution in [0.4, 0.5) is 17.6 Å². The summed E-state index contributed by atoms with van der Waals surface area (Å²) in [7, 11) is 0. The van der Waals surface area contributed by atoms with Crippen molar-refractivity contribution in [3.63, 3.8) is 0 Å². The molecule has 0 aliphatic carbocycles. The van der Waals surface area contributed by atoms with E-state index in [4.69, 9.17) is 14.4 Å². The van der Waals surface area contributed by atoms with E-state index < -0.39 is 51.3 Å². The summed E-state index contributed by atoms with van der Waals surface area (Å²) < 4.78 is 59.9. The summed E-state index contributed by atoms with van der Waals surface area (Å²) in [5, 5.41) is 9.76. The molecule has 6 heterocycles. The highest BCUT2D eigenvalue weighted by atomic mass is 32.2. The smallest absolute Gasteiger partial charge is 0.254 e. The van der Waals surface area contributed by atoms with Gasteiger partial charge in [-0.3, -0.25) is 28.9 Å². The molecule has 1 saturated heterocycles. The van der Waals surface area contributed by atoms with Crippen molar-refractivity contribution in [3.8, 4) is 5.75 Å². The van der Waals surface area contributed by atoms with E-state index in [0.717, 1.165) is 22.5 Å². The lowest BCUT2D eigenvalue weighted by Gasteiger charge is -2.29. The molecule has 21 heteroatoms. The minimum atomic E-state index is -1.72. The van der Waals surface area contributed by atoms with Crippen LogP contribution in [0.15, 0.2) is 78.6 Å². The Morgan fingerprint density at radius 2 is 1.15 bits per heavy atom. The number of hydrogen-bond acceptors (Lipinski definition) is 13. The Morgan fingerprint density at radius 3 is 1.56 bits per heavy atom. The number of benzene rings is 1. The summed E-state index contributed by atoms with van der Waals surface area (Å²) >= 11 is 1.79. The molecule has 1 aromatic carbocycles. The molecule has 7 rings (SSSR count). The Balaban J connectivity index is 0.000000303. The second-order valence-corrected chi connectivity index (χ2v) is 24.1. The van der Waals surface area contributed by atoms with E-state index in [1.807, 2.05) is 90.6 Å². The zero-order chi connectivity index (χ0) is 56.1. The molecule has 0 unspecified atom stereocenters. The van der Waals surface area contributed by atoms with E-state index in [1.54, 1.807) is 65.7 Å². The number of imidazole rings is 1. The largest absolute Gasteiger partial charge is 0.482 e. The van der Waals surface area contributed by atoms with Gasteiger partial charge in [0, 0.05) is 71.2 Å². The Labute approximate surface area is 431 Å². The van der Waals surface area contributed by atoms with Crippen LogP contribution in [0, 0.1) is 30.2 Å². The molecule has 1 fully saturated rings. The van der Waals surface area contributed by atoms with Crippen LogP contribution in [0.2, 0.25) is 0 Å². The van der Waals surface area contributed by atoms with Gasteiger partial charge in [-0.1, -0.05) is 31.7 Å². The first kappa shape index (κ1) is 62.9. The standard InChI is InChI=1S/C11H12F4O.C9H12N4O.C9H13NS.C8H13NO3.C8H11NO2.C7H12N2/c1-5-6(12)8(14)9(15)10(7(5)13)16-11(2,3)4;1-9(2,3)14-13-8-7(11-12-13)5-4-6-10-8;1-9(2,3)11-8-6-4-5-7-10-8;1-8(2,3)12-9-6(10)4-5-7(9)11;1-8(2,3)9-6(10)4-5-7(9)11;1-7(2,3)9-5-4-8-6-9/h1-4H3;4-6H,1-3H3;4-7H,1-3H3;4-5H2,1-3H3;4-5H,1-3H3;4-6H,1-3H3. The molecule has 73 heavy (non-hydrogen) atoms. The van der Waals surface area contributed by atoms with Crippen molar-refractivity contribution in [2.75, 3.05) is 0 Å². The van der Waals surface area contributed by atoms with Gasteiger partial charge < -0.3 is 14.1 Å². The Kier molecular flexibility index (Phi) is 22.1. The number of halogens is 4. The molecule has 0 N–H and O–H groups in total. The first-order chi connectivity index (χ1) is 33.2. The van der Waals surface area contributed by atoms with Crippen LogP contribution in [0.25, 0.3) is 11.2 Å². The number of carbonyl (C=O) groups excluding carboxylic acids is 4. The van der Waals surface area contributed by atoms with Crippen LogP contribution in [-0.4, -0.2) is 95.4 Å². The van der Waals surface area contributed by atoms with Crippen molar-refractivity contribution in [1.82, 2.24) is 44.6 Å². The molecule has 16 nitrogen and oxygen atoms in total. The van der Waals surface area contributed by atoms with Gasteiger partial charge in [0.05, 0.1) is 17.0 Å². The summed E-state index contributed by atoms with van der Waals surface area (Å²) in [6.07, 6.45) is 12.3. The van der Waals surface area contributed by atoms with Gasteiger partial charge in [-0.15, -0.1) is 16.9 Å². The highest BCUT2D eigenvalue weighted by Crippen LogP contribution is 2.32. The fraction of sp³-hybridized carbons (Fsp3) is 0.519. The SMILES string of the molecule is CC(C)(C)N1C(=O)C=CC1=O.CC(C)(C)ON1C(=O)CCC1=O.CC(C)(C)On1nnc2cccnc21.CC(C)(C)Sc1ccccn1.CC(C)(C)n1ccnc1.Cc1c(F)c(F)c(F)c(OC(C)(C)C)c1F. The highest BCUT2D eigenvalue weighted by Gasteiger charge is 2.34. The van der Waals surface area contributed by atoms with Crippen LogP contribution < -0.4 is 9.57 Å².